The van der Waals surface area contributed by atoms with Gasteiger partial charge < -0.3 is 15.0 Å². The monoisotopic (exact) mass is 352 g/mol. The summed E-state index contributed by atoms with van der Waals surface area (Å²) < 4.78 is 5.41. The number of ether oxygens (including phenoxy) is 1. The second-order valence-electron chi connectivity index (χ2n) is 6.46. The molecule has 0 unspecified atom stereocenters. The molecule has 0 aliphatic carbocycles. The third-order valence-corrected chi connectivity index (χ3v) is 4.50. The topological polar surface area (TPSA) is 58.6 Å². The normalized spacial score (nSPS) is 16.6. The highest BCUT2D eigenvalue weighted by Crippen LogP contribution is 2.20. The molecule has 26 heavy (non-hydrogen) atoms. The summed E-state index contributed by atoms with van der Waals surface area (Å²) in [4.78, 5) is 26.4. The van der Waals surface area contributed by atoms with Crippen molar-refractivity contribution in [1.29, 1.82) is 0 Å². The first-order valence-corrected chi connectivity index (χ1v) is 8.97. The number of carbonyl (C=O) groups excluding carboxylic acids is 2. The molecule has 1 saturated heterocycles. The van der Waals surface area contributed by atoms with Gasteiger partial charge in [0.15, 0.2) is 0 Å². The van der Waals surface area contributed by atoms with Crippen LogP contribution in [0.1, 0.15) is 24.5 Å². The Balaban J connectivity index is 1.50. The Morgan fingerprint density at radius 2 is 1.85 bits per heavy atom. The van der Waals surface area contributed by atoms with Gasteiger partial charge in [0.1, 0.15) is 5.75 Å². The molecule has 1 aliphatic heterocycles. The van der Waals surface area contributed by atoms with Crippen LogP contribution in [-0.4, -0.2) is 29.9 Å². The zero-order valence-electron chi connectivity index (χ0n) is 15.0. The number of hydrogen-bond donors (Lipinski definition) is 1. The van der Waals surface area contributed by atoms with E-state index in [4.69, 9.17) is 4.74 Å². The van der Waals surface area contributed by atoms with Crippen molar-refractivity contribution in [2.75, 3.05) is 13.2 Å². The Morgan fingerprint density at radius 1 is 1.12 bits per heavy atom. The average molecular weight is 352 g/mol. The highest BCUT2D eigenvalue weighted by molar-refractivity contribution is 5.89. The Kier molecular flexibility index (Phi) is 5.89. The molecular formula is C21H24N2O3. The molecule has 0 spiro atoms. The van der Waals surface area contributed by atoms with E-state index in [1.807, 2.05) is 61.5 Å². The summed E-state index contributed by atoms with van der Waals surface area (Å²) in [7, 11) is 0. The van der Waals surface area contributed by atoms with E-state index in [-0.39, 0.29) is 24.2 Å². The Hall–Kier alpha value is -2.82. The van der Waals surface area contributed by atoms with Crippen LogP contribution >= 0.6 is 0 Å². The molecule has 1 atom stereocenters. The minimum Gasteiger partial charge on any atom is -0.494 e. The SMILES string of the molecule is CCOc1ccc(CNC(=O)[C@H]2CC(=O)N(Cc3ccccc3)C2)cc1. The molecule has 1 aliphatic rings. The van der Waals surface area contributed by atoms with Crippen LogP contribution in [0.25, 0.3) is 0 Å². The van der Waals surface area contributed by atoms with E-state index in [0.717, 1.165) is 16.9 Å². The van der Waals surface area contributed by atoms with Crippen LogP contribution < -0.4 is 10.1 Å². The molecule has 0 bridgehead atoms. The summed E-state index contributed by atoms with van der Waals surface area (Å²) in [5.41, 5.74) is 2.09. The zero-order valence-corrected chi connectivity index (χ0v) is 15.0. The van der Waals surface area contributed by atoms with Crippen LogP contribution in [0.2, 0.25) is 0 Å². The smallest absolute Gasteiger partial charge is 0.225 e. The van der Waals surface area contributed by atoms with Crippen molar-refractivity contribution < 1.29 is 14.3 Å². The van der Waals surface area contributed by atoms with Gasteiger partial charge in [-0.05, 0) is 30.2 Å². The third-order valence-electron chi connectivity index (χ3n) is 4.50. The fourth-order valence-electron chi connectivity index (χ4n) is 3.11. The maximum Gasteiger partial charge on any atom is 0.225 e. The molecule has 2 aromatic carbocycles. The van der Waals surface area contributed by atoms with E-state index in [2.05, 4.69) is 5.32 Å². The van der Waals surface area contributed by atoms with Gasteiger partial charge in [0.2, 0.25) is 11.8 Å². The molecule has 1 heterocycles. The van der Waals surface area contributed by atoms with E-state index in [0.29, 0.717) is 26.2 Å². The second-order valence-corrected chi connectivity index (χ2v) is 6.46. The van der Waals surface area contributed by atoms with Gasteiger partial charge in [0.25, 0.3) is 0 Å². The summed E-state index contributed by atoms with van der Waals surface area (Å²) in [6.07, 6.45) is 0.280. The Labute approximate surface area is 154 Å². The van der Waals surface area contributed by atoms with E-state index in [9.17, 15) is 9.59 Å². The van der Waals surface area contributed by atoms with Crippen molar-refractivity contribution in [2.45, 2.75) is 26.4 Å². The van der Waals surface area contributed by atoms with Crippen LogP contribution in [-0.2, 0) is 22.7 Å². The summed E-state index contributed by atoms with van der Waals surface area (Å²) in [6, 6.07) is 17.5. The van der Waals surface area contributed by atoms with Crippen LogP contribution in [0, 0.1) is 5.92 Å². The summed E-state index contributed by atoms with van der Waals surface area (Å²) in [6.45, 7) is 4.06. The summed E-state index contributed by atoms with van der Waals surface area (Å²) >= 11 is 0. The van der Waals surface area contributed by atoms with Crippen molar-refractivity contribution in [2.24, 2.45) is 5.92 Å². The lowest BCUT2D eigenvalue weighted by Gasteiger charge is -2.16. The number of nitrogens with zero attached hydrogens (tertiary/aromatic N) is 1. The number of amides is 2. The molecule has 2 amide bonds. The van der Waals surface area contributed by atoms with Gasteiger partial charge in [0, 0.05) is 26.1 Å². The molecule has 3 rings (SSSR count). The minimum absolute atomic E-state index is 0.0371. The van der Waals surface area contributed by atoms with E-state index in [1.165, 1.54) is 0 Å². The van der Waals surface area contributed by atoms with E-state index in [1.54, 1.807) is 4.90 Å². The number of nitrogens with one attached hydrogen (secondary N) is 1. The largest absolute Gasteiger partial charge is 0.494 e. The van der Waals surface area contributed by atoms with E-state index < -0.39 is 0 Å². The Bertz CT molecular complexity index is 744. The number of likely N-dealkylation sites (tertiary alicyclic amines) is 1. The van der Waals surface area contributed by atoms with Gasteiger partial charge in [-0.1, -0.05) is 42.5 Å². The lowest BCUT2D eigenvalue weighted by molar-refractivity contribution is -0.129. The predicted octanol–water partition coefficient (Wildman–Crippen LogP) is 2.75. The first-order valence-electron chi connectivity index (χ1n) is 8.97. The number of carbonyl (C=O) groups is 2. The van der Waals surface area contributed by atoms with Gasteiger partial charge >= 0.3 is 0 Å². The van der Waals surface area contributed by atoms with Gasteiger partial charge in [-0.2, -0.15) is 0 Å². The van der Waals surface area contributed by atoms with Gasteiger partial charge in [-0.3, -0.25) is 9.59 Å². The molecule has 2 aromatic rings. The van der Waals surface area contributed by atoms with Crippen LogP contribution in [0.15, 0.2) is 54.6 Å². The van der Waals surface area contributed by atoms with Crippen molar-refractivity contribution in [1.82, 2.24) is 10.2 Å². The minimum atomic E-state index is -0.283. The van der Waals surface area contributed by atoms with E-state index >= 15 is 0 Å². The third kappa shape index (κ3) is 4.63. The molecule has 0 saturated carbocycles. The first-order chi connectivity index (χ1) is 12.7. The first kappa shape index (κ1) is 18.0. The fraction of sp³-hybridized carbons (Fsp3) is 0.333. The van der Waals surface area contributed by atoms with Crippen molar-refractivity contribution >= 4 is 11.8 Å². The summed E-state index contributed by atoms with van der Waals surface area (Å²) in [5, 5.41) is 2.94. The lowest BCUT2D eigenvalue weighted by Crippen LogP contribution is -2.32. The highest BCUT2D eigenvalue weighted by atomic mass is 16.5. The number of hydrogen-bond acceptors (Lipinski definition) is 3. The molecule has 1 fully saturated rings. The average Bonchev–Trinajstić information content (AvgIpc) is 3.03. The molecule has 136 valence electrons. The summed E-state index contributed by atoms with van der Waals surface area (Å²) in [5.74, 6) is 0.507. The maximum atomic E-state index is 12.4. The van der Waals surface area contributed by atoms with Gasteiger partial charge in [-0.15, -0.1) is 0 Å². The fourth-order valence-corrected chi connectivity index (χ4v) is 3.11. The maximum absolute atomic E-state index is 12.4. The van der Waals surface area contributed by atoms with Crippen molar-refractivity contribution in [3.8, 4) is 5.75 Å². The number of benzene rings is 2. The molecule has 0 radical (unpaired) electrons. The highest BCUT2D eigenvalue weighted by Gasteiger charge is 2.34. The van der Waals surface area contributed by atoms with Gasteiger partial charge in [-0.25, -0.2) is 0 Å². The predicted molar refractivity (Wildman–Crippen MR) is 99.4 cm³/mol. The van der Waals surface area contributed by atoms with Gasteiger partial charge in [0.05, 0.1) is 12.5 Å². The molecule has 1 N–H and O–H groups in total. The molecule has 5 heteroatoms. The van der Waals surface area contributed by atoms with Crippen molar-refractivity contribution in [3.05, 3.63) is 65.7 Å². The van der Waals surface area contributed by atoms with Crippen LogP contribution in [0.5, 0.6) is 5.75 Å². The standard InChI is InChI=1S/C21H24N2O3/c1-2-26-19-10-8-16(9-11-19)13-22-21(25)18-12-20(24)23(15-18)14-17-6-4-3-5-7-17/h3-11,18H,2,12-15H2,1H3,(H,22,25)/t18-/m0/s1. The lowest BCUT2D eigenvalue weighted by atomic mass is 10.1. The van der Waals surface area contributed by atoms with Crippen LogP contribution in [0.4, 0.5) is 0 Å². The Morgan fingerprint density at radius 3 is 2.54 bits per heavy atom. The molecule has 0 aromatic heterocycles. The quantitative estimate of drug-likeness (QED) is 0.834. The second kappa shape index (κ2) is 8.52. The number of rotatable bonds is 7. The van der Waals surface area contributed by atoms with Crippen molar-refractivity contribution in [3.63, 3.8) is 0 Å². The van der Waals surface area contributed by atoms with Crippen LogP contribution in [0.3, 0.4) is 0 Å². The zero-order chi connectivity index (χ0) is 18.4. The molecule has 5 nitrogen and oxygen atoms in total. The molecular weight excluding hydrogens is 328 g/mol.